The van der Waals surface area contributed by atoms with Crippen molar-refractivity contribution in [2.75, 3.05) is 0 Å². The van der Waals surface area contributed by atoms with Crippen LogP contribution in [0.2, 0.25) is 5.02 Å². The monoisotopic (exact) mass is 357 g/mol. The molecule has 108 valence electrons. The molecule has 0 aliphatic rings. The molecule has 0 saturated heterocycles. The molecule has 1 aromatic carbocycles. The maximum atomic E-state index is 6.00. The van der Waals surface area contributed by atoms with Gasteiger partial charge in [-0.2, -0.15) is 5.10 Å². The van der Waals surface area contributed by atoms with Crippen LogP contribution in [0.4, 0.5) is 0 Å². The van der Waals surface area contributed by atoms with Crippen LogP contribution in [-0.4, -0.2) is 9.78 Å². The van der Waals surface area contributed by atoms with Crippen LogP contribution in [0.3, 0.4) is 0 Å². The summed E-state index contributed by atoms with van der Waals surface area (Å²) < 4.78 is 8.66. The van der Waals surface area contributed by atoms with Crippen molar-refractivity contribution in [2.45, 2.75) is 26.5 Å². The normalized spacial score (nSPS) is 12.5. The number of aromatic nitrogens is 2. The van der Waals surface area contributed by atoms with E-state index >= 15 is 0 Å². The quantitative estimate of drug-likeness (QED) is 0.905. The van der Waals surface area contributed by atoms with Crippen LogP contribution in [0.1, 0.15) is 29.9 Å². The minimum atomic E-state index is -0.139. The molecule has 2 N–H and O–H groups in total. The van der Waals surface area contributed by atoms with Gasteiger partial charge >= 0.3 is 0 Å². The molecule has 1 aromatic heterocycles. The number of hydrogen-bond acceptors (Lipinski definition) is 3. The zero-order valence-electron chi connectivity index (χ0n) is 11.7. The van der Waals surface area contributed by atoms with E-state index in [0.717, 1.165) is 27.2 Å². The number of aryl methyl sites for hydroxylation is 2. The van der Waals surface area contributed by atoms with Gasteiger partial charge in [0.25, 0.3) is 0 Å². The Kier molecular flexibility index (Phi) is 4.73. The molecule has 0 saturated carbocycles. The van der Waals surface area contributed by atoms with E-state index in [4.69, 9.17) is 22.1 Å². The molecule has 4 nitrogen and oxygen atoms in total. The van der Waals surface area contributed by atoms with E-state index in [2.05, 4.69) is 21.0 Å². The first-order valence-electron chi connectivity index (χ1n) is 6.26. The molecule has 1 atom stereocenters. The second-order valence-electron chi connectivity index (χ2n) is 4.73. The molecule has 2 rings (SSSR count). The molecule has 0 radical (unpaired) electrons. The van der Waals surface area contributed by atoms with Gasteiger partial charge in [0.05, 0.1) is 15.9 Å². The van der Waals surface area contributed by atoms with E-state index in [1.807, 2.05) is 33.0 Å². The molecule has 0 spiro atoms. The van der Waals surface area contributed by atoms with Crippen molar-refractivity contribution >= 4 is 27.5 Å². The summed E-state index contributed by atoms with van der Waals surface area (Å²) in [6.07, 6.45) is 0. The van der Waals surface area contributed by atoms with Gasteiger partial charge in [-0.1, -0.05) is 11.6 Å². The predicted molar refractivity (Wildman–Crippen MR) is 84.0 cm³/mol. The Balaban J connectivity index is 2.23. The summed E-state index contributed by atoms with van der Waals surface area (Å²) in [5, 5.41) is 4.99. The van der Waals surface area contributed by atoms with E-state index in [0.29, 0.717) is 11.6 Å². The molecule has 1 unspecified atom stereocenters. The highest BCUT2D eigenvalue weighted by Gasteiger charge is 2.13. The predicted octanol–water partition coefficient (Wildman–Crippen LogP) is 3.74. The maximum absolute atomic E-state index is 6.00. The summed E-state index contributed by atoms with van der Waals surface area (Å²) >= 11 is 9.52. The highest BCUT2D eigenvalue weighted by Crippen LogP contribution is 2.29. The van der Waals surface area contributed by atoms with Crippen LogP contribution in [0.5, 0.6) is 5.75 Å². The lowest BCUT2D eigenvalue weighted by Crippen LogP contribution is -2.09. The van der Waals surface area contributed by atoms with Crippen molar-refractivity contribution in [3.63, 3.8) is 0 Å². The highest BCUT2D eigenvalue weighted by molar-refractivity contribution is 9.10. The van der Waals surface area contributed by atoms with Crippen molar-refractivity contribution in [2.24, 2.45) is 12.8 Å². The minimum Gasteiger partial charge on any atom is -0.487 e. The maximum Gasteiger partial charge on any atom is 0.131 e. The Morgan fingerprint density at radius 3 is 2.75 bits per heavy atom. The fourth-order valence-electron chi connectivity index (χ4n) is 1.99. The lowest BCUT2D eigenvalue weighted by atomic mass is 10.1. The first kappa shape index (κ1) is 15.4. The average molecular weight is 359 g/mol. The number of ether oxygens (including phenoxy) is 1. The molecule has 2 aromatic rings. The summed E-state index contributed by atoms with van der Waals surface area (Å²) in [5.41, 5.74) is 8.77. The Hall–Kier alpha value is -1.04. The molecule has 6 heteroatoms. The van der Waals surface area contributed by atoms with Crippen LogP contribution in [0, 0.1) is 6.92 Å². The van der Waals surface area contributed by atoms with Gasteiger partial charge in [-0.3, -0.25) is 4.68 Å². The van der Waals surface area contributed by atoms with Gasteiger partial charge in [0.1, 0.15) is 12.4 Å². The number of benzene rings is 1. The zero-order valence-corrected chi connectivity index (χ0v) is 14.0. The summed E-state index contributed by atoms with van der Waals surface area (Å²) in [4.78, 5) is 0. The first-order valence-corrected chi connectivity index (χ1v) is 7.43. The number of nitrogens with zero attached hydrogens (tertiary/aromatic N) is 2. The fraction of sp³-hybridized carbons (Fsp3) is 0.357. The Bertz CT molecular complexity index is 625. The van der Waals surface area contributed by atoms with Crippen LogP contribution in [0.15, 0.2) is 22.7 Å². The molecule has 0 aliphatic heterocycles. The van der Waals surface area contributed by atoms with Crippen molar-refractivity contribution in [3.05, 3.63) is 44.6 Å². The number of nitrogens with two attached hydrogens (primary N) is 1. The van der Waals surface area contributed by atoms with Crippen molar-refractivity contribution < 1.29 is 4.74 Å². The lowest BCUT2D eigenvalue weighted by Gasteiger charge is -2.14. The number of halogens is 2. The Labute approximate surface area is 132 Å². The second kappa shape index (κ2) is 6.16. The van der Waals surface area contributed by atoms with Gasteiger partial charge in [0.15, 0.2) is 0 Å². The highest BCUT2D eigenvalue weighted by atomic mass is 79.9. The molecule has 20 heavy (non-hydrogen) atoms. The van der Waals surface area contributed by atoms with E-state index < -0.39 is 0 Å². The number of rotatable bonds is 4. The van der Waals surface area contributed by atoms with Crippen molar-refractivity contribution in [1.29, 1.82) is 0 Å². The first-order chi connectivity index (χ1) is 9.40. The van der Waals surface area contributed by atoms with Gasteiger partial charge in [-0.25, -0.2) is 0 Å². The average Bonchev–Trinajstić information content (AvgIpc) is 2.62. The van der Waals surface area contributed by atoms with Crippen molar-refractivity contribution in [1.82, 2.24) is 9.78 Å². The van der Waals surface area contributed by atoms with E-state index in [-0.39, 0.29) is 6.04 Å². The molecule has 1 heterocycles. The van der Waals surface area contributed by atoms with Gasteiger partial charge in [-0.05, 0) is 48.0 Å². The molecule has 0 fully saturated rings. The summed E-state index contributed by atoms with van der Waals surface area (Å²) in [5.74, 6) is 0.746. The van der Waals surface area contributed by atoms with E-state index in [9.17, 15) is 0 Å². The third-order valence-electron chi connectivity index (χ3n) is 3.09. The molecular formula is C14H17BrClN3O. The van der Waals surface area contributed by atoms with Crippen LogP contribution in [-0.2, 0) is 13.7 Å². The Morgan fingerprint density at radius 2 is 2.20 bits per heavy atom. The SMILES string of the molecule is Cc1nn(C)c(COc2ccc(Cl)cc2C(C)N)c1Br. The Morgan fingerprint density at radius 1 is 1.50 bits per heavy atom. The van der Waals surface area contributed by atoms with Crippen LogP contribution >= 0.6 is 27.5 Å². The third kappa shape index (κ3) is 3.16. The smallest absolute Gasteiger partial charge is 0.131 e. The molecular weight excluding hydrogens is 342 g/mol. The van der Waals surface area contributed by atoms with Gasteiger partial charge in [0.2, 0.25) is 0 Å². The molecule has 0 bridgehead atoms. The lowest BCUT2D eigenvalue weighted by molar-refractivity contribution is 0.290. The largest absolute Gasteiger partial charge is 0.487 e. The van der Waals surface area contributed by atoms with Crippen LogP contribution < -0.4 is 10.5 Å². The topological polar surface area (TPSA) is 53.1 Å². The summed E-state index contributed by atoms with van der Waals surface area (Å²) in [7, 11) is 1.89. The van der Waals surface area contributed by atoms with E-state index in [1.165, 1.54) is 0 Å². The summed E-state index contributed by atoms with van der Waals surface area (Å²) in [6.45, 7) is 4.27. The van der Waals surface area contributed by atoms with E-state index in [1.54, 1.807) is 10.7 Å². The van der Waals surface area contributed by atoms with Gasteiger partial charge in [-0.15, -0.1) is 0 Å². The third-order valence-corrected chi connectivity index (χ3v) is 4.36. The van der Waals surface area contributed by atoms with Crippen molar-refractivity contribution in [3.8, 4) is 5.75 Å². The van der Waals surface area contributed by atoms with Gasteiger partial charge in [0, 0.05) is 23.7 Å². The number of hydrogen-bond donors (Lipinski definition) is 1. The molecule has 0 aliphatic carbocycles. The second-order valence-corrected chi connectivity index (χ2v) is 5.96. The zero-order chi connectivity index (χ0) is 14.9. The van der Waals surface area contributed by atoms with Crippen LogP contribution in [0.25, 0.3) is 0 Å². The summed E-state index contributed by atoms with van der Waals surface area (Å²) in [6, 6.07) is 5.34. The molecule has 0 amide bonds. The standard InChI is InChI=1S/C14H17BrClN3O/c1-8(17)11-6-10(16)4-5-13(11)20-7-12-14(15)9(2)18-19(12)3/h4-6,8H,7,17H2,1-3H3. The minimum absolute atomic E-state index is 0.139. The van der Waals surface area contributed by atoms with Gasteiger partial charge < -0.3 is 10.5 Å². The fourth-order valence-corrected chi connectivity index (χ4v) is 2.62.